The second-order valence-electron chi connectivity index (χ2n) is 3.02. The average Bonchev–Trinajstić information content (AvgIpc) is 1.89. The first-order chi connectivity index (χ1) is 4.62. The molecule has 0 heterocycles. The Morgan fingerprint density at radius 1 is 1.50 bits per heavy atom. The van der Waals surface area contributed by atoms with Crippen molar-refractivity contribution < 1.29 is 0 Å². The molecule has 2 nitrogen and oxygen atoms in total. The summed E-state index contributed by atoms with van der Waals surface area (Å²) in [6.45, 7) is 6.86. The lowest BCUT2D eigenvalue weighted by atomic mass is 10.1. The summed E-state index contributed by atoms with van der Waals surface area (Å²) in [6, 6.07) is 2.19. The fraction of sp³-hybridized carbons (Fsp3) is 0.875. The van der Waals surface area contributed by atoms with E-state index in [9.17, 15) is 0 Å². The number of nitrogens with zero attached hydrogens (tertiary/aromatic N) is 1. The van der Waals surface area contributed by atoms with Gasteiger partial charge in [0.05, 0.1) is 6.07 Å². The molecule has 0 spiro atoms. The first kappa shape index (κ1) is 9.45. The molecule has 0 aromatic rings. The maximum absolute atomic E-state index is 8.58. The second-order valence-corrected chi connectivity index (χ2v) is 3.02. The molecule has 58 valence electrons. The fourth-order valence-corrected chi connectivity index (χ4v) is 0.617. The van der Waals surface area contributed by atoms with Crippen molar-refractivity contribution in [3.8, 4) is 6.07 Å². The van der Waals surface area contributed by atoms with Gasteiger partial charge in [-0.05, 0) is 26.8 Å². The first-order valence-electron chi connectivity index (χ1n) is 3.78. The third kappa shape index (κ3) is 4.34. The van der Waals surface area contributed by atoms with E-state index in [4.69, 9.17) is 5.26 Å². The minimum atomic E-state index is -0.352. The quantitative estimate of drug-likeness (QED) is 0.603. The average molecular weight is 140 g/mol. The van der Waals surface area contributed by atoms with E-state index < -0.39 is 0 Å². The van der Waals surface area contributed by atoms with Crippen LogP contribution in [0.4, 0.5) is 0 Å². The van der Waals surface area contributed by atoms with Crippen molar-refractivity contribution in [3.05, 3.63) is 0 Å². The topological polar surface area (TPSA) is 35.8 Å². The number of nitriles is 1. The van der Waals surface area contributed by atoms with Gasteiger partial charge < -0.3 is 0 Å². The van der Waals surface area contributed by atoms with Crippen molar-refractivity contribution in [3.63, 3.8) is 0 Å². The van der Waals surface area contributed by atoms with Gasteiger partial charge in [0.2, 0.25) is 0 Å². The van der Waals surface area contributed by atoms with Crippen molar-refractivity contribution in [1.82, 2.24) is 5.32 Å². The van der Waals surface area contributed by atoms with Crippen LogP contribution in [0.1, 0.15) is 33.6 Å². The van der Waals surface area contributed by atoms with E-state index in [2.05, 4.69) is 18.3 Å². The Morgan fingerprint density at radius 2 is 2.10 bits per heavy atom. The molecule has 0 unspecified atom stereocenters. The lowest BCUT2D eigenvalue weighted by molar-refractivity contribution is 0.477. The van der Waals surface area contributed by atoms with Crippen LogP contribution < -0.4 is 5.32 Å². The molecule has 0 aliphatic heterocycles. The van der Waals surface area contributed by atoms with Gasteiger partial charge in [0.15, 0.2) is 0 Å². The van der Waals surface area contributed by atoms with Crippen molar-refractivity contribution in [2.45, 2.75) is 39.2 Å². The summed E-state index contributed by atoms with van der Waals surface area (Å²) < 4.78 is 0. The highest BCUT2D eigenvalue weighted by Gasteiger charge is 2.13. The second kappa shape index (κ2) is 4.29. The van der Waals surface area contributed by atoms with Gasteiger partial charge in [-0.25, -0.2) is 0 Å². The zero-order valence-electron chi connectivity index (χ0n) is 7.07. The lowest BCUT2D eigenvalue weighted by Gasteiger charge is -2.16. The predicted octanol–water partition coefficient (Wildman–Crippen LogP) is 1.68. The highest BCUT2D eigenvalue weighted by Crippen LogP contribution is 1.98. The molecule has 0 saturated carbocycles. The van der Waals surface area contributed by atoms with Gasteiger partial charge in [-0.1, -0.05) is 13.3 Å². The van der Waals surface area contributed by atoms with Crippen LogP contribution in [-0.4, -0.2) is 12.1 Å². The standard InChI is InChI=1S/C8H16N2/c1-4-5-6-10-8(2,3)7-9/h10H,4-6H2,1-3H3. The van der Waals surface area contributed by atoms with Gasteiger partial charge in [0.25, 0.3) is 0 Å². The number of hydrogen-bond acceptors (Lipinski definition) is 2. The summed E-state index contributed by atoms with van der Waals surface area (Å²) in [6.07, 6.45) is 2.32. The van der Waals surface area contributed by atoms with Crippen LogP contribution >= 0.6 is 0 Å². The molecule has 10 heavy (non-hydrogen) atoms. The van der Waals surface area contributed by atoms with E-state index in [1.54, 1.807) is 0 Å². The third-order valence-corrected chi connectivity index (χ3v) is 1.38. The largest absolute Gasteiger partial charge is 0.300 e. The molecule has 0 fully saturated rings. The van der Waals surface area contributed by atoms with Gasteiger partial charge in [0, 0.05) is 0 Å². The molecule has 0 aliphatic rings. The number of nitrogens with one attached hydrogen (secondary N) is 1. The Bertz CT molecular complexity index is 122. The Morgan fingerprint density at radius 3 is 2.50 bits per heavy atom. The van der Waals surface area contributed by atoms with E-state index >= 15 is 0 Å². The minimum Gasteiger partial charge on any atom is -0.300 e. The molecular weight excluding hydrogens is 124 g/mol. The van der Waals surface area contributed by atoms with Crippen molar-refractivity contribution in [1.29, 1.82) is 5.26 Å². The van der Waals surface area contributed by atoms with Crippen LogP contribution in [0.15, 0.2) is 0 Å². The fourth-order valence-electron chi connectivity index (χ4n) is 0.617. The molecule has 0 bridgehead atoms. The van der Waals surface area contributed by atoms with Crippen LogP contribution in [0.5, 0.6) is 0 Å². The SMILES string of the molecule is CCCCNC(C)(C)C#N. The summed E-state index contributed by atoms with van der Waals surface area (Å²) in [5.74, 6) is 0. The zero-order chi connectivity index (χ0) is 8.04. The van der Waals surface area contributed by atoms with Crippen molar-refractivity contribution >= 4 is 0 Å². The van der Waals surface area contributed by atoms with Gasteiger partial charge in [-0.3, -0.25) is 5.32 Å². The Labute approximate surface area is 63.2 Å². The van der Waals surface area contributed by atoms with Crippen LogP contribution in [0, 0.1) is 11.3 Å². The molecular formula is C8H16N2. The summed E-state index contributed by atoms with van der Waals surface area (Å²) in [7, 11) is 0. The van der Waals surface area contributed by atoms with Gasteiger partial charge in [0.1, 0.15) is 5.54 Å². The molecule has 0 aromatic carbocycles. The summed E-state index contributed by atoms with van der Waals surface area (Å²) in [5.41, 5.74) is -0.352. The molecule has 0 aromatic heterocycles. The van der Waals surface area contributed by atoms with Crippen molar-refractivity contribution in [2.24, 2.45) is 0 Å². The summed E-state index contributed by atoms with van der Waals surface area (Å²) in [5, 5.41) is 11.7. The Kier molecular flexibility index (Phi) is 4.06. The molecule has 0 amide bonds. The normalized spacial score (nSPS) is 11.0. The number of rotatable bonds is 4. The maximum Gasteiger partial charge on any atom is 0.101 e. The number of hydrogen-bond donors (Lipinski definition) is 1. The van der Waals surface area contributed by atoms with Crippen molar-refractivity contribution in [2.75, 3.05) is 6.54 Å². The van der Waals surface area contributed by atoms with Gasteiger partial charge in [-0.2, -0.15) is 5.26 Å². The molecule has 2 heteroatoms. The smallest absolute Gasteiger partial charge is 0.101 e. The van der Waals surface area contributed by atoms with E-state index in [-0.39, 0.29) is 5.54 Å². The molecule has 0 atom stereocenters. The first-order valence-corrected chi connectivity index (χ1v) is 3.78. The monoisotopic (exact) mass is 140 g/mol. The zero-order valence-corrected chi connectivity index (χ0v) is 7.07. The van der Waals surface area contributed by atoms with Gasteiger partial charge in [-0.15, -0.1) is 0 Å². The minimum absolute atomic E-state index is 0.352. The molecule has 0 aliphatic carbocycles. The summed E-state index contributed by atoms with van der Waals surface area (Å²) >= 11 is 0. The van der Waals surface area contributed by atoms with Crippen LogP contribution in [0.3, 0.4) is 0 Å². The third-order valence-electron chi connectivity index (χ3n) is 1.38. The van der Waals surface area contributed by atoms with Crippen LogP contribution in [-0.2, 0) is 0 Å². The highest BCUT2D eigenvalue weighted by atomic mass is 14.9. The Hall–Kier alpha value is -0.550. The van der Waals surface area contributed by atoms with Crippen LogP contribution in [0.2, 0.25) is 0 Å². The lowest BCUT2D eigenvalue weighted by Crippen LogP contribution is -2.38. The highest BCUT2D eigenvalue weighted by molar-refractivity contribution is 4.99. The molecule has 1 N–H and O–H groups in total. The van der Waals surface area contributed by atoms with E-state index in [1.807, 2.05) is 13.8 Å². The number of unbranched alkanes of at least 4 members (excludes halogenated alkanes) is 1. The van der Waals surface area contributed by atoms with E-state index in [0.29, 0.717) is 0 Å². The maximum atomic E-state index is 8.58. The van der Waals surface area contributed by atoms with Gasteiger partial charge >= 0.3 is 0 Å². The molecule has 0 saturated heterocycles. The Balaban J connectivity index is 3.40. The predicted molar refractivity (Wildman–Crippen MR) is 42.6 cm³/mol. The molecule has 0 rings (SSSR count). The molecule has 0 radical (unpaired) electrons. The van der Waals surface area contributed by atoms with Crippen LogP contribution in [0.25, 0.3) is 0 Å². The van der Waals surface area contributed by atoms with E-state index in [1.165, 1.54) is 6.42 Å². The summed E-state index contributed by atoms with van der Waals surface area (Å²) in [4.78, 5) is 0. The van der Waals surface area contributed by atoms with E-state index in [0.717, 1.165) is 13.0 Å².